The smallest absolute Gasteiger partial charge is 0.260 e. The van der Waals surface area contributed by atoms with Crippen molar-refractivity contribution in [3.8, 4) is 11.8 Å². The van der Waals surface area contributed by atoms with E-state index in [1.165, 1.54) is 0 Å². The van der Waals surface area contributed by atoms with Gasteiger partial charge in [0.2, 0.25) is 0 Å². The standard InChI is InChI=1S/C22H23N3O3/c23-15-17-9-3-5-11-19(17)24-22(27)18-10-4-6-12-20(18)28-16-21(26)25-13-7-1-2-8-14-25/h3-6,9-12H,1-2,7-8,13-14,16H2,(H,24,27). The third kappa shape index (κ3) is 4.89. The first-order valence-corrected chi connectivity index (χ1v) is 9.49. The fourth-order valence-corrected chi connectivity index (χ4v) is 3.21. The molecule has 1 saturated heterocycles. The third-order valence-corrected chi connectivity index (χ3v) is 4.74. The Morgan fingerprint density at radius 3 is 2.43 bits per heavy atom. The van der Waals surface area contributed by atoms with Crippen LogP contribution in [0.1, 0.15) is 41.6 Å². The minimum atomic E-state index is -0.388. The van der Waals surface area contributed by atoms with Crippen LogP contribution in [-0.4, -0.2) is 36.4 Å². The molecule has 2 aromatic carbocycles. The molecule has 0 aliphatic carbocycles. The third-order valence-electron chi connectivity index (χ3n) is 4.74. The van der Waals surface area contributed by atoms with Crippen molar-refractivity contribution in [2.24, 2.45) is 0 Å². The Hall–Kier alpha value is -3.33. The average molecular weight is 377 g/mol. The predicted molar refractivity (Wildman–Crippen MR) is 106 cm³/mol. The molecule has 0 atom stereocenters. The number of nitriles is 1. The lowest BCUT2D eigenvalue weighted by molar-refractivity contribution is -0.133. The zero-order valence-corrected chi connectivity index (χ0v) is 15.7. The van der Waals surface area contributed by atoms with Crippen molar-refractivity contribution in [3.05, 3.63) is 59.7 Å². The Morgan fingerprint density at radius 1 is 1.00 bits per heavy atom. The van der Waals surface area contributed by atoms with Gasteiger partial charge in [-0.3, -0.25) is 9.59 Å². The van der Waals surface area contributed by atoms with Crippen molar-refractivity contribution in [2.75, 3.05) is 25.0 Å². The molecule has 0 bridgehead atoms. The number of nitrogens with one attached hydrogen (secondary N) is 1. The molecule has 6 nitrogen and oxygen atoms in total. The number of ether oxygens (including phenoxy) is 1. The molecule has 144 valence electrons. The van der Waals surface area contributed by atoms with Crippen LogP contribution in [0, 0.1) is 11.3 Å². The van der Waals surface area contributed by atoms with Gasteiger partial charge in [-0.2, -0.15) is 5.26 Å². The van der Waals surface area contributed by atoms with Gasteiger partial charge >= 0.3 is 0 Å². The number of likely N-dealkylation sites (tertiary alicyclic amines) is 1. The molecule has 1 aliphatic rings. The van der Waals surface area contributed by atoms with E-state index in [-0.39, 0.29) is 18.4 Å². The van der Waals surface area contributed by atoms with E-state index in [0.717, 1.165) is 38.8 Å². The van der Waals surface area contributed by atoms with E-state index in [0.29, 0.717) is 22.6 Å². The van der Waals surface area contributed by atoms with Crippen molar-refractivity contribution < 1.29 is 14.3 Å². The van der Waals surface area contributed by atoms with Crippen molar-refractivity contribution in [3.63, 3.8) is 0 Å². The van der Waals surface area contributed by atoms with Gasteiger partial charge in [0.15, 0.2) is 6.61 Å². The summed E-state index contributed by atoms with van der Waals surface area (Å²) in [6, 6.07) is 15.6. The first-order valence-electron chi connectivity index (χ1n) is 9.49. The van der Waals surface area contributed by atoms with Crippen LogP contribution < -0.4 is 10.1 Å². The molecule has 0 aromatic heterocycles. The monoisotopic (exact) mass is 377 g/mol. The maximum Gasteiger partial charge on any atom is 0.260 e. The second-order valence-electron chi connectivity index (χ2n) is 6.69. The minimum Gasteiger partial charge on any atom is -0.483 e. The van der Waals surface area contributed by atoms with Crippen molar-refractivity contribution in [2.45, 2.75) is 25.7 Å². The number of rotatable bonds is 5. The molecular formula is C22H23N3O3. The van der Waals surface area contributed by atoms with E-state index in [1.54, 1.807) is 48.5 Å². The van der Waals surface area contributed by atoms with Crippen LogP contribution in [0.2, 0.25) is 0 Å². The van der Waals surface area contributed by atoms with Gasteiger partial charge in [0.05, 0.1) is 16.8 Å². The summed E-state index contributed by atoms with van der Waals surface area (Å²) in [5.41, 5.74) is 1.13. The van der Waals surface area contributed by atoms with Gasteiger partial charge in [0.1, 0.15) is 11.8 Å². The van der Waals surface area contributed by atoms with Crippen LogP contribution in [0.25, 0.3) is 0 Å². The SMILES string of the molecule is N#Cc1ccccc1NC(=O)c1ccccc1OCC(=O)N1CCCCCC1. The number of benzene rings is 2. The van der Waals surface area contributed by atoms with Gasteiger partial charge in [0.25, 0.3) is 11.8 Å². The number of carbonyl (C=O) groups is 2. The lowest BCUT2D eigenvalue weighted by Gasteiger charge is -2.20. The Bertz CT molecular complexity index is 881. The Kier molecular flexibility index (Phi) is 6.64. The number of hydrogen-bond donors (Lipinski definition) is 1. The van der Waals surface area contributed by atoms with Gasteiger partial charge in [-0.05, 0) is 37.1 Å². The van der Waals surface area contributed by atoms with Crippen LogP contribution >= 0.6 is 0 Å². The highest BCUT2D eigenvalue weighted by Crippen LogP contribution is 2.21. The molecule has 1 heterocycles. The summed E-state index contributed by atoms with van der Waals surface area (Å²) in [7, 11) is 0. The van der Waals surface area contributed by atoms with E-state index in [4.69, 9.17) is 4.74 Å². The van der Waals surface area contributed by atoms with Gasteiger partial charge in [0, 0.05) is 13.1 Å². The van der Waals surface area contributed by atoms with Crippen LogP contribution in [0.5, 0.6) is 5.75 Å². The summed E-state index contributed by atoms with van der Waals surface area (Å²) in [5.74, 6) is -0.106. The maximum absolute atomic E-state index is 12.7. The maximum atomic E-state index is 12.7. The quantitative estimate of drug-likeness (QED) is 0.863. The number of anilines is 1. The van der Waals surface area contributed by atoms with E-state index in [9.17, 15) is 14.9 Å². The summed E-state index contributed by atoms with van der Waals surface area (Å²) in [6.45, 7) is 1.42. The van der Waals surface area contributed by atoms with Crippen LogP contribution in [0.15, 0.2) is 48.5 Å². The van der Waals surface area contributed by atoms with Crippen LogP contribution in [0.3, 0.4) is 0 Å². The molecule has 0 unspecified atom stereocenters. The highest BCUT2D eigenvalue weighted by Gasteiger charge is 2.18. The fourth-order valence-electron chi connectivity index (χ4n) is 3.21. The number of amides is 2. The highest BCUT2D eigenvalue weighted by molar-refractivity contribution is 6.06. The topological polar surface area (TPSA) is 82.4 Å². The fraction of sp³-hybridized carbons (Fsp3) is 0.318. The minimum absolute atomic E-state index is 0.0630. The molecule has 2 aromatic rings. The van der Waals surface area contributed by atoms with Gasteiger partial charge in [-0.25, -0.2) is 0 Å². The molecule has 1 N–H and O–H groups in total. The van der Waals surface area contributed by atoms with Crippen molar-refractivity contribution >= 4 is 17.5 Å². The molecule has 0 saturated carbocycles. The summed E-state index contributed by atoms with van der Waals surface area (Å²) in [6.07, 6.45) is 4.34. The van der Waals surface area contributed by atoms with Crippen molar-refractivity contribution in [1.29, 1.82) is 5.26 Å². The Morgan fingerprint density at radius 2 is 1.68 bits per heavy atom. The predicted octanol–water partition coefficient (Wildman–Crippen LogP) is 3.59. The number of hydrogen-bond acceptors (Lipinski definition) is 4. The zero-order valence-electron chi connectivity index (χ0n) is 15.7. The van der Waals surface area contributed by atoms with E-state index in [1.807, 2.05) is 4.90 Å². The highest BCUT2D eigenvalue weighted by atomic mass is 16.5. The van der Waals surface area contributed by atoms with E-state index < -0.39 is 0 Å². The largest absolute Gasteiger partial charge is 0.483 e. The number of nitrogens with zero attached hydrogens (tertiary/aromatic N) is 2. The first-order chi connectivity index (χ1) is 13.7. The summed E-state index contributed by atoms with van der Waals surface area (Å²) < 4.78 is 5.69. The summed E-state index contributed by atoms with van der Waals surface area (Å²) in [5, 5.41) is 11.9. The molecule has 0 radical (unpaired) electrons. The average Bonchev–Trinajstić information content (AvgIpc) is 3.02. The van der Waals surface area contributed by atoms with E-state index >= 15 is 0 Å². The molecule has 28 heavy (non-hydrogen) atoms. The number of para-hydroxylation sites is 2. The normalized spacial score (nSPS) is 13.9. The van der Waals surface area contributed by atoms with E-state index in [2.05, 4.69) is 11.4 Å². The lowest BCUT2D eigenvalue weighted by atomic mass is 10.1. The molecule has 0 spiro atoms. The summed E-state index contributed by atoms with van der Waals surface area (Å²) in [4.78, 5) is 27.0. The lowest BCUT2D eigenvalue weighted by Crippen LogP contribution is -2.35. The molecule has 3 rings (SSSR count). The molecule has 1 aliphatic heterocycles. The second kappa shape index (κ2) is 9.56. The second-order valence-corrected chi connectivity index (χ2v) is 6.69. The summed E-state index contributed by atoms with van der Waals surface area (Å²) >= 11 is 0. The Balaban J connectivity index is 1.68. The van der Waals surface area contributed by atoms with Gasteiger partial charge < -0.3 is 15.0 Å². The van der Waals surface area contributed by atoms with Gasteiger partial charge in [-0.1, -0.05) is 37.1 Å². The number of carbonyl (C=O) groups excluding carboxylic acids is 2. The molecule has 6 heteroatoms. The van der Waals surface area contributed by atoms with Crippen LogP contribution in [-0.2, 0) is 4.79 Å². The molecular weight excluding hydrogens is 354 g/mol. The first kappa shape index (κ1) is 19.4. The van der Waals surface area contributed by atoms with Gasteiger partial charge in [-0.15, -0.1) is 0 Å². The van der Waals surface area contributed by atoms with Crippen molar-refractivity contribution in [1.82, 2.24) is 4.90 Å². The van der Waals surface area contributed by atoms with Crippen LogP contribution in [0.4, 0.5) is 5.69 Å². The Labute approximate surface area is 164 Å². The molecule has 1 fully saturated rings. The molecule has 2 amide bonds. The zero-order chi connectivity index (χ0) is 19.8.